The summed E-state index contributed by atoms with van der Waals surface area (Å²) in [4.78, 5) is 35.9. The van der Waals surface area contributed by atoms with Crippen LogP contribution in [0.1, 0.15) is 27.0 Å². The number of hydrazone groups is 1. The van der Waals surface area contributed by atoms with Crippen molar-refractivity contribution in [2.24, 2.45) is 5.10 Å². The zero-order valence-electron chi connectivity index (χ0n) is 17.7. The third kappa shape index (κ3) is 6.76. The van der Waals surface area contributed by atoms with E-state index in [1.165, 1.54) is 24.4 Å². The summed E-state index contributed by atoms with van der Waals surface area (Å²) in [6.45, 7) is 1.86. The molecule has 0 aliphatic heterocycles. The van der Waals surface area contributed by atoms with E-state index in [0.29, 0.717) is 22.9 Å². The van der Waals surface area contributed by atoms with Crippen molar-refractivity contribution in [1.29, 1.82) is 0 Å². The van der Waals surface area contributed by atoms with Crippen LogP contribution in [0.15, 0.2) is 77.9 Å². The quantitative estimate of drug-likeness (QED) is 0.191. The Morgan fingerprint density at radius 1 is 0.912 bits per heavy atom. The van der Waals surface area contributed by atoms with E-state index in [9.17, 15) is 27.6 Å². The highest BCUT2D eigenvalue weighted by atomic mass is 19.4. The zero-order chi connectivity index (χ0) is 24.7. The maximum atomic E-state index is 12.7. The number of nitrogens with one attached hydrogen (secondary N) is 2. The average molecular weight is 469 g/mol. The van der Waals surface area contributed by atoms with E-state index in [1.807, 2.05) is 18.4 Å². The summed E-state index contributed by atoms with van der Waals surface area (Å²) in [5, 5.41) is 5.71. The van der Waals surface area contributed by atoms with Crippen molar-refractivity contribution >= 4 is 29.7 Å². The number of ether oxygens (including phenoxy) is 1. The molecule has 0 unspecified atom stereocenters. The lowest BCUT2D eigenvalue weighted by molar-refractivity contribution is -0.137. The minimum atomic E-state index is -4.58. The zero-order valence-corrected chi connectivity index (χ0v) is 17.7. The second-order valence-corrected chi connectivity index (χ2v) is 7.06. The van der Waals surface area contributed by atoms with Crippen molar-refractivity contribution in [1.82, 2.24) is 5.43 Å². The van der Waals surface area contributed by atoms with Crippen LogP contribution in [0.25, 0.3) is 0 Å². The molecule has 0 saturated carbocycles. The number of nitrogens with zero attached hydrogens (tertiary/aromatic N) is 1. The van der Waals surface area contributed by atoms with Gasteiger partial charge in [-0.1, -0.05) is 23.8 Å². The first-order valence-electron chi connectivity index (χ1n) is 9.82. The Morgan fingerprint density at radius 3 is 2.29 bits per heavy atom. The van der Waals surface area contributed by atoms with E-state index in [4.69, 9.17) is 4.74 Å². The molecule has 0 spiro atoms. The number of hydrogen-bond donors (Lipinski definition) is 2. The first-order valence-corrected chi connectivity index (χ1v) is 9.82. The first-order chi connectivity index (χ1) is 16.1. The Labute approximate surface area is 192 Å². The SMILES string of the molecule is Cc1cccc(C(=O)Oc2ccc(/C=N/NC(=O)C(=O)Nc3cccc(C(F)(F)F)c3)cc2)c1. The Kier molecular flexibility index (Phi) is 7.42. The maximum Gasteiger partial charge on any atom is 0.416 e. The van der Waals surface area contributed by atoms with Gasteiger partial charge in [0.2, 0.25) is 0 Å². The van der Waals surface area contributed by atoms with Crippen LogP contribution in [0.4, 0.5) is 18.9 Å². The maximum absolute atomic E-state index is 12.7. The highest BCUT2D eigenvalue weighted by Crippen LogP contribution is 2.30. The number of rotatable bonds is 5. The molecule has 0 atom stereocenters. The van der Waals surface area contributed by atoms with Gasteiger partial charge in [0.1, 0.15) is 5.75 Å². The van der Waals surface area contributed by atoms with Crippen LogP contribution in [0.5, 0.6) is 5.75 Å². The summed E-state index contributed by atoms with van der Waals surface area (Å²) >= 11 is 0. The predicted molar refractivity (Wildman–Crippen MR) is 118 cm³/mol. The van der Waals surface area contributed by atoms with E-state index in [1.54, 1.807) is 30.3 Å². The van der Waals surface area contributed by atoms with Gasteiger partial charge in [-0.25, -0.2) is 10.2 Å². The monoisotopic (exact) mass is 469 g/mol. The minimum absolute atomic E-state index is 0.185. The number of anilines is 1. The van der Waals surface area contributed by atoms with Crippen molar-refractivity contribution in [3.8, 4) is 5.75 Å². The number of halogens is 3. The normalized spacial score (nSPS) is 11.2. The van der Waals surface area contributed by atoms with Crippen LogP contribution in [-0.2, 0) is 15.8 Å². The summed E-state index contributed by atoms with van der Waals surface area (Å²) in [5.74, 6) is -2.57. The standard InChI is InChI=1S/C24H18F3N3O4/c1-15-4-2-5-17(12-15)23(33)34-20-10-8-16(9-11-20)14-28-30-22(32)21(31)29-19-7-3-6-18(13-19)24(25,26)27/h2-14H,1H3,(H,29,31)(H,30,32)/b28-14+. The smallest absolute Gasteiger partial charge is 0.416 e. The van der Waals surface area contributed by atoms with E-state index in [-0.39, 0.29) is 5.69 Å². The molecule has 2 N–H and O–H groups in total. The summed E-state index contributed by atoms with van der Waals surface area (Å²) in [5.41, 5.74) is 2.69. The third-order valence-electron chi connectivity index (χ3n) is 4.38. The second kappa shape index (κ2) is 10.4. The van der Waals surface area contributed by atoms with Crippen LogP contribution < -0.4 is 15.5 Å². The molecule has 0 aromatic heterocycles. The summed E-state index contributed by atoms with van der Waals surface area (Å²) in [6.07, 6.45) is -3.34. The Bertz CT molecular complexity index is 1240. The van der Waals surface area contributed by atoms with Crippen LogP contribution in [0.2, 0.25) is 0 Å². The Balaban J connectivity index is 1.52. The van der Waals surface area contributed by atoms with Gasteiger partial charge in [-0.3, -0.25) is 9.59 Å². The summed E-state index contributed by atoms with van der Waals surface area (Å²) in [6, 6.07) is 17.0. The van der Waals surface area contributed by atoms with Gasteiger partial charge >= 0.3 is 24.0 Å². The molecular formula is C24H18F3N3O4. The van der Waals surface area contributed by atoms with Crippen molar-refractivity contribution in [2.75, 3.05) is 5.32 Å². The van der Waals surface area contributed by atoms with Gasteiger partial charge in [-0.05, 0) is 67.1 Å². The van der Waals surface area contributed by atoms with Gasteiger partial charge in [0, 0.05) is 5.69 Å². The van der Waals surface area contributed by atoms with Crippen LogP contribution in [0, 0.1) is 6.92 Å². The molecule has 0 bridgehead atoms. The van der Waals surface area contributed by atoms with E-state index < -0.39 is 29.5 Å². The van der Waals surface area contributed by atoms with Gasteiger partial charge in [-0.15, -0.1) is 0 Å². The van der Waals surface area contributed by atoms with Gasteiger partial charge in [0.05, 0.1) is 17.3 Å². The topological polar surface area (TPSA) is 96.9 Å². The molecule has 7 nitrogen and oxygen atoms in total. The molecule has 0 saturated heterocycles. The van der Waals surface area contributed by atoms with E-state index in [2.05, 4.69) is 10.4 Å². The van der Waals surface area contributed by atoms with Crippen LogP contribution >= 0.6 is 0 Å². The number of esters is 1. The molecule has 10 heteroatoms. The summed E-state index contributed by atoms with van der Waals surface area (Å²) < 4.78 is 43.5. The molecule has 2 amide bonds. The average Bonchev–Trinajstić information content (AvgIpc) is 2.79. The lowest BCUT2D eigenvalue weighted by atomic mass is 10.1. The number of alkyl halides is 3. The largest absolute Gasteiger partial charge is 0.423 e. The number of carbonyl (C=O) groups excluding carboxylic acids is 3. The number of benzene rings is 3. The molecule has 0 heterocycles. The predicted octanol–water partition coefficient (Wildman–Crippen LogP) is 4.32. The molecule has 174 valence electrons. The van der Waals surface area contributed by atoms with Crippen molar-refractivity contribution in [3.05, 3.63) is 95.1 Å². The van der Waals surface area contributed by atoms with Crippen molar-refractivity contribution in [3.63, 3.8) is 0 Å². The third-order valence-corrected chi connectivity index (χ3v) is 4.38. The highest BCUT2D eigenvalue weighted by molar-refractivity contribution is 6.39. The van der Waals surface area contributed by atoms with Gasteiger partial charge in [0.15, 0.2) is 0 Å². The van der Waals surface area contributed by atoms with E-state index in [0.717, 1.165) is 17.7 Å². The first kappa shape index (κ1) is 24.2. The van der Waals surface area contributed by atoms with Crippen LogP contribution in [-0.4, -0.2) is 24.0 Å². The van der Waals surface area contributed by atoms with Gasteiger partial charge in [0.25, 0.3) is 0 Å². The van der Waals surface area contributed by atoms with Gasteiger partial charge in [-0.2, -0.15) is 18.3 Å². The minimum Gasteiger partial charge on any atom is -0.423 e. The molecule has 0 fully saturated rings. The molecule has 34 heavy (non-hydrogen) atoms. The lowest BCUT2D eigenvalue weighted by Gasteiger charge is -2.09. The van der Waals surface area contributed by atoms with E-state index >= 15 is 0 Å². The fourth-order valence-electron chi connectivity index (χ4n) is 2.74. The van der Waals surface area contributed by atoms with Gasteiger partial charge < -0.3 is 10.1 Å². The molecule has 0 radical (unpaired) electrons. The Morgan fingerprint density at radius 2 is 1.62 bits per heavy atom. The molecule has 0 aliphatic carbocycles. The fraction of sp³-hybridized carbons (Fsp3) is 0.0833. The fourth-order valence-corrected chi connectivity index (χ4v) is 2.74. The number of hydrogen-bond acceptors (Lipinski definition) is 5. The summed E-state index contributed by atoms with van der Waals surface area (Å²) in [7, 11) is 0. The van der Waals surface area contributed by atoms with Crippen LogP contribution in [0.3, 0.4) is 0 Å². The van der Waals surface area contributed by atoms with Crippen molar-refractivity contribution < 1.29 is 32.3 Å². The number of amides is 2. The second-order valence-electron chi connectivity index (χ2n) is 7.06. The lowest BCUT2D eigenvalue weighted by Crippen LogP contribution is -2.32. The van der Waals surface area contributed by atoms with Crippen molar-refractivity contribution in [2.45, 2.75) is 13.1 Å². The molecule has 3 aromatic carbocycles. The Hall–Kier alpha value is -4.47. The molecule has 0 aliphatic rings. The number of aryl methyl sites for hydroxylation is 1. The molecule has 3 aromatic rings. The highest BCUT2D eigenvalue weighted by Gasteiger charge is 2.30. The number of carbonyl (C=O) groups is 3. The molecule has 3 rings (SSSR count). The molecular weight excluding hydrogens is 451 g/mol.